The molecule has 34 heavy (non-hydrogen) atoms. The molecule has 0 amide bonds. The van der Waals surface area contributed by atoms with Gasteiger partial charge in [-0.05, 0) is 37.1 Å². The van der Waals surface area contributed by atoms with Crippen molar-refractivity contribution in [3.63, 3.8) is 0 Å². The second-order valence-corrected chi connectivity index (χ2v) is 7.79. The second kappa shape index (κ2) is 9.59. The van der Waals surface area contributed by atoms with Gasteiger partial charge in [-0.1, -0.05) is 48.5 Å². The molecule has 0 aliphatic carbocycles. The van der Waals surface area contributed by atoms with Crippen molar-refractivity contribution >= 4 is 11.7 Å². The number of allylic oxidation sites excluding steroid dienone is 1. The summed E-state index contributed by atoms with van der Waals surface area (Å²) in [6, 6.07) is 16.1. The van der Waals surface area contributed by atoms with Crippen LogP contribution in [0.25, 0.3) is 0 Å². The number of benzene rings is 2. The average Bonchev–Trinajstić information content (AvgIpc) is 2.82. The quantitative estimate of drug-likeness (QED) is 0.445. The maximum Gasteiger partial charge on any atom is 0.416 e. The average molecular weight is 468 g/mol. The number of nitrogens with zero attached hydrogens (tertiary/aromatic N) is 1. The predicted octanol–water partition coefficient (Wildman–Crippen LogP) is 6.07. The normalized spacial score (nSPS) is 15.4. The van der Waals surface area contributed by atoms with Crippen molar-refractivity contribution in [3.05, 3.63) is 100 Å². The summed E-state index contributed by atoms with van der Waals surface area (Å²) >= 11 is 0. The van der Waals surface area contributed by atoms with Gasteiger partial charge in [0.1, 0.15) is 6.61 Å². The van der Waals surface area contributed by atoms with Gasteiger partial charge in [-0.25, -0.2) is 9.78 Å². The second-order valence-electron chi connectivity index (χ2n) is 7.79. The maximum absolute atomic E-state index is 13.5. The van der Waals surface area contributed by atoms with Crippen LogP contribution in [0.2, 0.25) is 0 Å². The van der Waals surface area contributed by atoms with Crippen molar-refractivity contribution in [3.8, 4) is 5.88 Å². The first-order chi connectivity index (χ1) is 16.3. The fourth-order valence-corrected chi connectivity index (χ4v) is 4.02. The van der Waals surface area contributed by atoms with Crippen LogP contribution in [0.4, 0.5) is 18.9 Å². The van der Waals surface area contributed by atoms with Crippen molar-refractivity contribution < 1.29 is 27.4 Å². The number of alkyl halides is 3. The van der Waals surface area contributed by atoms with Crippen molar-refractivity contribution in [1.82, 2.24) is 4.98 Å². The van der Waals surface area contributed by atoms with Crippen LogP contribution in [0.15, 0.2) is 78.1 Å². The van der Waals surface area contributed by atoms with Crippen LogP contribution < -0.4 is 10.1 Å². The number of hydrogen-bond donors (Lipinski definition) is 1. The number of ether oxygens (including phenoxy) is 2. The van der Waals surface area contributed by atoms with Gasteiger partial charge >= 0.3 is 12.1 Å². The summed E-state index contributed by atoms with van der Waals surface area (Å²) < 4.78 is 51.8. The highest BCUT2D eigenvalue weighted by atomic mass is 19.4. The number of anilines is 1. The van der Waals surface area contributed by atoms with Crippen LogP contribution in [0, 0.1) is 0 Å². The number of esters is 1. The Morgan fingerprint density at radius 3 is 2.56 bits per heavy atom. The monoisotopic (exact) mass is 468 g/mol. The van der Waals surface area contributed by atoms with E-state index in [2.05, 4.69) is 10.3 Å². The molecule has 0 radical (unpaired) electrons. The molecule has 2 heterocycles. The molecule has 0 bridgehead atoms. The van der Waals surface area contributed by atoms with E-state index in [4.69, 9.17) is 9.47 Å². The van der Waals surface area contributed by atoms with Crippen LogP contribution in [0.5, 0.6) is 5.88 Å². The molecule has 5 nitrogen and oxygen atoms in total. The predicted molar refractivity (Wildman–Crippen MR) is 121 cm³/mol. The Kier molecular flexibility index (Phi) is 6.58. The highest BCUT2D eigenvalue weighted by Gasteiger charge is 2.38. The number of pyridine rings is 1. The third-order valence-electron chi connectivity index (χ3n) is 5.52. The minimum absolute atomic E-state index is 0.127. The lowest BCUT2D eigenvalue weighted by atomic mass is 9.80. The summed E-state index contributed by atoms with van der Waals surface area (Å²) in [6.07, 6.45) is -2.98. The van der Waals surface area contributed by atoms with Gasteiger partial charge in [0.05, 0.1) is 23.7 Å². The fraction of sp³-hybridized carbons (Fsp3) is 0.231. The molecule has 1 aliphatic heterocycles. The van der Waals surface area contributed by atoms with Crippen LogP contribution in [-0.4, -0.2) is 17.6 Å². The molecule has 1 N–H and O–H groups in total. The van der Waals surface area contributed by atoms with Crippen LogP contribution in [-0.2, 0) is 22.3 Å². The Hall–Kier alpha value is -3.81. The first-order valence-electron chi connectivity index (χ1n) is 10.8. The van der Waals surface area contributed by atoms with Gasteiger partial charge in [0, 0.05) is 23.1 Å². The minimum Gasteiger partial charge on any atom is -0.473 e. The summed E-state index contributed by atoms with van der Waals surface area (Å²) in [5.41, 5.74) is 2.18. The molecule has 176 valence electrons. The van der Waals surface area contributed by atoms with Crippen molar-refractivity contribution in [2.24, 2.45) is 0 Å². The molecule has 1 aliphatic rings. The summed E-state index contributed by atoms with van der Waals surface area (Å²) in [4.78, 5) is 17.3. The van der Waals surface area contributed by atoms with Crippen molar-refractivity contribution in [2.45, 2.75) is 32.5 Å². The lowest BCUT2D eigenvalue weighted by molar-refractivity contribution is -0.139. The summed E-state index contributed by atoms with van der Waals surface area (Å²) in [5, 5.41) is 3.17. The fourth-order valence-electron chi connectivity index (χ4n) is 4.02. The Balaban J connectivity index is 1.85. The highest BCUT2D eigenvalue weighted by molar-refractivity contribution is 5.95. The molecule has 4 rings (SSSR count). The Bertz CT molecular complexity index is 1220. The zero-order valence-electron chi connectivity index (χ0n) is 18.6. The molecule has 0 saturated heterocycles. The van der Waals surface area contributed by atoms with Crippen LogP contribution >= 0.6 is 0 Å². The van der Waals surface area contributed by atoms with Gasteiger partial charge in [0.25, 0.3) is 0 Å². The number of hydrogen-bond acceptors (Lipinski definition) is 5. The first-order valence-corrected chi connectivity index (χ1v) is 10.8. The number of nitrogens with one attached hydrogen (secondary N) is 1. The Morgan fingerprint density at radius 2 is 1.85 bits per heavy atom. The van der Waals surface area contributed by atoms with E-state index in [9.17, 15) is 18.0 Å². The van der Waals surface area contributed by atoms with Gasteiger partial charge in [0.2, 0.25) is 5.88 Å². The van der Waals surface area contributed by atoms with E-state index in [1.807, 2.05) is 30.3 Å². The molecule has 0 fully saturated rings. The highest BCUT2D eigenvalue weighted by Crippen LogP contribution is 2.46. The molecule has 2 aromatic carbocycles. The van der Waals surface area contributed by atoms with E-state index < -0.39 is 23.6 Å². The number of halogens is 3. The molecule has 0 spiro atoms. The van der Waals surface area contributed by atoms with E-state index in [1.165, 1.54) is 6.07 Å². The van der Waals surface area contributed by atoms with Gasteiger partial charge in [-0.15, -0.1) is 0 Å². The first kappa shape index (κ1) is 23.4. The smallest absolute Gasteiger partial charge is 0.416 e. The van der Waals surface area contributed by atoms with E-state index in [0.717, 1.165) is 17.7 Å². The largest absolute Gasteiger partial charge is 0.473 e. The third kappa shape index (κ3) is 4.76. The lowest BCUT2D eigenvalue weighted by Crippen LogP contribution is -2.25. The molecule has 1 aromatic heterocycles. The van der Waals surface area contributed by atoms with E-state index in [0.29, 0.717) is 16.9 Å². The minimum atomic E-state index is -4.53. The number of carbonyl (C=O) groups is 1. The number of carbonyl (C=O) groups excluding carboxylic acids is 1. The number of aromatic nitrogens is 1. The van der Waals surface area contributed by atoms with Crippen LogP contribution in [0.1, 0.15) is 42.0 Å². The SMILES string of the molecule is CCOC(=O)C1=C(C)Nc2ccnc(OCc3ccccc3)c2C1c1cccc(C(F)(F)F)c1. The Morgan fingerprint density at radius 1 is 1.09 bits per heavy atom. The van der Waals surface area contributed by atoms with Crippen molar-refractivity contribution in [1.29, 1.82) is 0 Å². The molecule has 1 atom stereocenters. The molecule has 8 heteroatoms. The molecular weight excluding hydrogens is 445 g/mol. The zero-order valence-corrected chi connectivity index (χ0v) is 18.6. The summed E-state index contributed by atoms with van der Waals surface area (Å²) in [7, 11) is 0. The van der Waals surface area contributed by atoms with Gasteiger partial charge in [-0.3, -0.25) is 0 Å². The topological polar surface area (TPSA) is 60.5 Å². The molecule has 1 unspecified atom stereocenters. The molecule has 0 saturated carbocycles. The summed E-state index contributed by atoms with van der Waals surface area (Å²) in [6.45, 7) is 3.70. The Labute approximate surface area is 195 Å². The van der Waals surface area contributed by atoms with E-state index in [1.54, 1.807) is 32.2 Å². The van der Waals surface area contributed by atoms with Gasteiger partial charge in [-0.2, -0.15) is 13.2 Å². The number of fused-ring (bicyclic) bond motifs is 1. The van der Waals surface area contributed by atoms with Crippen molar-refractivity contribution in [2.75, 3.05) is 11.9 Å². The standard InChI is InChI=1S/C26H23F3N2O3/c1-3-33-25(32)21-16(2)31-20-12-13-30-24(34-15-17-8-5-4-6-9-17)23(20)22(21)18-10-7-11-19(14-18)26(27,28)29/h4-14,22,31H,3,15H2,1-2H3. The summed E-state index contributed by atoms with van der Waals surface area (Å²) in [5.74, 6) is -1.25. The van der Waals surface area contributed by atoms with Gasteiger partial charge < -0.3 is 14.8 Å². The molecule has 3 aromatic rings. The van der Waals surface area contributed by atoms with Crippen LogP contribution in [0.3, 0.4) is 0 Å². The third-order valence-corrected chi connectivity index (χ3v) is 5.52. The van der Waals surface area contributed by atoms with Gasteiger partial charge in [0.15, 0.2) is 0 Å². The number of rotatable bonds is 6. The van der Waals surface area contributed by atoms with E-state index >= 15 is 0 Å². The maximum atomic E-state index is 13.5. The lowest BCUT2D eigenvalue weighted by Gasteiger charge is -2.31. The van der Waals surface area contributed by atoms with E-state index in [-0.39, 0.29) is 30.2 Å². The molecular formula is C26H23F3N2O3. The zero-order chi connectivity index (χ0) is 24.3.